The summed E-state index contributed by atoms with van der Waals surface area (Å²) >= 11 is 0. The number of halogens is 1. The molecule has 4 N–H and O–H groups in total. The number of nitrogens with two attached hydrogens (primary N) is 1. The fourth-order valence-electron chi connectivity index (χ4n) is 1.24. The molecule has 0 spiro atoms. The highest BCUT2D eigenvalue weighted by Crippen LogP contribution is 2.03. The van der Waals surface area contributed by atoms with Gasteiger partial charge in [0.2, 0.25) is 0 Å². The van der Waals surface area contributed by atoms with E-state index >= 15 is 0 Å². The fraction of sp³-hybridized carbons (Fsp3) is 0.417. The highest BCUT2D eigenvalue weighted by Gasteiger charge is 1.93. The van der Waals surface area contributed by atoms with E-state index in [1.54, 1.807) is 0 Å². The molecule has 6 heteroatoms. The van der Waals surface area contributed by atoms with Gasteiger partial charge in [0, 0.05) is 18.8 Å². The normalized spacial score (nSPS) is 10.8. The van der Waals surface area contributed by atoms with Crippen LogP contribution in [0.5, 0.6) is 0 Å². The summed E-state index contributed by atoms with van der Waals surface area (Å²) in [6, 6.07) is 9.65. The number of guanidine groups is 1. The van der Waals surface area contributed by atoms with Crippen LogP contribution in [0, 0.1) is 0 Å². The molecule has 1 aromatic rings. The second kappa shape index (κ2) is 11.2. The van der Waals surface area contributed by atoms with Gasteiger partial charge in [-0.15, -0.1) is 24.0 Å². The lowest BCUT2D eigenvalue weighted by molar-refractivity contribution is 0.0918. The summed E-state index contributed by atoms with van der Waals surface area (Å²) in [6.45, 7) is 1.63. The van der Waals surface area contributed by atoms with Gasteiger partial charge in [-0.3, -0.25) is 4.99 Å². The van der Waals surface area contributed by atoms with Crippen LogP contribution in [-0.4, -0.2) is 37.4 Å². The topological polar surface area (TPSA) is 79.9 Å². The molecule has 1 rings (SSSR count). The second-order valence-corrected chi connectivity index (χ2v) is 3.45. The number of aliphatic imine (C=N–C) groups is 1. The van der Waals surface area contributed by atoms with E-state index in [0.29, 0.717) is 25.7 Å². The molecule has 0 aliphatic rings. The minimum atomic E-state index is 0. The van der Waals surface area contributed by atoms with Gasteiger partial charge in [-0.05, 0) is 18.6 Å². The monoisotopic (exact) mass is 365 g/mol. The third-order valence-electron chi connectivity index (χ3n) is 2.01. The molecule has 0 aromatic heterocycles. The van der Waals surface area contributed by atoms with Crippen molar-refractivity contribution >= 4 is 35.6 Å². The summed E-state index contributed by atoms with van der Waals surface area (Å²) < 4.78 is 5.10. The van der Waals surface area contributed by atoms with Crippen LogP contribution in [0.25, 0.3) is 0 Å². The number of anilines is 1. The predicted molar refractivity (Wildman–Crippen MR) is 84.5 cm³/mol. The van der Waals surface area contributed by atoms with Gasteiger partial charge >= 0.3 is 0 Å². The Labute approximate surface area is 124 Å². The molecule has 0 aliphatic heterocycles. The summed E-state index contributed by atoms with van der Waals surface area (Å²) in [5.41, 5.74) is 6.63. The van der Waals surface area contributed by atoms with Crippen molar-refractivity contribution in [3.05, 3.63) is 30.3 Å². The lowest BCUT2D eigenvalue weighted by Gasteiger charge is -2.05. The van der Waals surface area contributed by atoms with Crippen molar-refractivity contribution in [2.75, 3.05) is 31.7 Å². The highest BCUT2D eigenvalue weighted by atomic mass is 127. The Hall–Kier alpha value is -0.860. The first-order chi connectivity index (χ1) is 8.33. The molecule has 102 valence electrons. The Kier molecular flexibility index (Phi) is 10.7. The lowest BCUT2D eigenvalue weighted by Crippen LogP contribution is -2.22. The summed E-state index contributed by atoms with van der Waals surface area (Å²) in [4.78, 5) is 4.16. The Bertz CT molecular complexity index is 333. The van der Waals surface area contributed by atoms with Gasteiger partial charge in [0.15, 0.2) is 5.96 Å². The van der Waals surface area contributed by atoms with Crippen molar-refractivity contribution < 1.29 is 9.84 Å². The molecule has 0 unspecified atom stereocenters. The molecule has 0 saturated heterocycles. The van der Waals surface area contributed by atoms with Crippen LogP contribution in [0.4, 0.5) is 5.69 Å². The third-order valence-corrected chi connectivity index (χ3v) is 2.01. The van der Waals surface area contributed by atoms with Crippen molar-refractivity contribution in [1.29, 1.82) is 0 Å². The molecule has 0 saturated carbocycles. The second-order valence-electron chi connectivity index (χ2n) is 3.45. The highest BCUT2D eigenvalue weighted by molar-refractivity contribution is 14.0. The molecule has 18 heavy (non-hydrogen) atoms. The summed E-state index contributed by atoms with van der Waals surface area (Å²) in [5.74, 6) is 0.401. The average Bonchev–Trinajstić information content (AvgIpc) is 2.35. The number of aliphatic hydroxyl groups is 1. The zero-order valence-corrected chi connectivity index (χ0v) is 12.5. The first kappa shape index (κ1) is 17.1. The van der Waals surface area contributed by atoms with Crippen molar-refractivity contribution in [2.24, 2.45) is 10.7 Å². The van der Waals surface area contributed by atoms with E-state index in [2.05, 4.69) is 10.3 Å². The fourth-order valence-corrected chi connectivity index (χ4v) is 1.24. The third kappa shape index (κ3) is 8.26. The van der Waals surface area contributed by atoms with E-state index in [1.165, 1.54) is 0 Å². The summed E-state index contributed by atoms with van der Waals surface area (Å²) in [5, 5.41) is 11.5. The van der Waals surface area contributed by atoms with E-state index in [4.69, 9.17) is 15.6 Å². The van der Waals surface area contributed by atoms with Gasteiger partial charge in [-0.1, -0.05) is 18.2 Å². The molecular formula is C12H20IN3O2. The molecule has 1 aromatic carbocycles. The van der Waals surface area contributed by atoms with Crippen LogP contribution < -0.4 is 11.1 Å². The van der Waals surface area contributed by atoms with Gasteiger partial charge in [-0.25, -0.2) is 0 Å². The maximum atomic E-state index is 8.49. The Balaban J connectivity index is 0.00000289. The van der Waals surface area contributed by atoms with E-state index < -0.39 is 0 Å². The Morgan fingerprint density at radius 3 is 2.67 bits per heavy atom. The number of hydrogen-bond donors (Lipinski definition) is 3. The van der Waals surface area contributed by atoms with Crippen LogP contribution >= 0.6 is 24.0 Å². The number of hydrogen-bond acceptors (Lipinski definition) is 3. The van der Waals surface area contributed by atoms with Gasteiger partial charge in [-0.2, -0.15) is 0 Å². The number of rotatable bonds is 7. The van der Waals surface area contributed by atoms with E-state index in [9.17, 15) is 0 Å². The maximum absolute atomic E-state index is 8.49. The molecule has 0 amide bonds. The molecule has 0 radical (unpaired) electrons. The Morgan fingerprint density at radius 2 is 2.00 bits per heavy atom. The van der Waals surface area contributed by atoms with E-state index in [1.807, 2.05) is 30.3 Å². The number of benzene rings is 1. The molecular weight excluding hydrogens is 345 g/mol. The smallest absolute Gasteiger partial charge is 0.193 e. The average molecular weight is 365 g/mol. The quantitative estimate of drug-likeness (QED) is 0.296. The zero-order valence-electron chi connectivity index (χ0n) is 10.2. The van der Waals surface area contributed by atoms with Crippen LogP contribution in [0.3, 0.4) is 0 Å². The molecule has 5 nitrogen and oxygen atoms in total. The van der Waals surface area contributed by atoms with E-state index in [0.717, 1.165) is 12.1 Å². The van der Waals surface area contributed by atoms with Gasteiger partial charge in [0.25, 0.3) is 0 Å². The zero-order chi connectivity index (χ0) is 12.3. The minimum Gasteiger partial charge on any atom is -0.394 e. The largest absolute Gasteiger partial charge is 0.394 e. The maximum Gasteiger partial charge on any atom is 0.193 e. The van der Waals surface area contributed by atoms with Crippen LogP contribution in [0.1, 0.15) is 6.42 Å². The van der Waals surface area contributed by atoms with Crippen molar-refractivity contribution in [2.45, 2.75) is 6.42 Å². The van der Waals surface area contributed by atoms with Crippen LogP contribution in [-0.2, 0) is 4.74 Å². The van der Waals surface area contributed by atoms with Gasteiger partial charge in [0.1, 0.15) is 0 Å². The van der Waals surface area contributed by atoms with Crippen molar-refractivity contribution in [1.82, 2.24) is 0 Å². The van der Waals surface area contributed by atoms with Crippen LogP contribution in [0.15, 0.2) is 35.3 Å². The summed E-state index contributed by atoms with van der Waals surface area (Å²) in [7, 11) is 0. The SMILES string of the molecule is I.NC(=NCCCOCCO)Nc1ccccc1. The Morgan fingerprint density at radius 1 is 1.28 bits per heavy atom. The van der Waals surface area contributed by atoms with Gasteiger partial charge in [0.05, 0.1) is 13.2 Å². The molecule has 0 atom stereocenters. The van der Waals surface area contributed by atoms with E-state index in [-0.39, 0.29) is 30.6 Å². The lowest BCUT2D eigenvalue weighted by atomic mass is 10.3. The summed E-state index contributed by atoms with van der Waals surface area (Å²) in [6.07, 6.45) is 0.789. The van der Waals surface area contributed by atoms with Gasteiger partial charge < -0.3 is 20.9 Å². The predicted octanol–water partition coefficient (Wildman–Crippen LogP) is 1.43. The number of para-hydroxylation sites is 1. The first-order valence-electron chi connectivity index (χ1n) is 5.63. The number of aliphatic hydroxyl groups excluding tert-OH is 1. The minimum absolute atomic E-state index is 0. The number of nitrogens with one attached hydrogen (secondary N) is 1. The molecule has 0 bridgehead atoms. The van der Waals surface area contributed by atoms with Crippen molar-refractivity contribution in [3.8, 4) is 0 Å². The van der Waals surface area contributed by atoms with Crippen LogP contribution in [0.2, 0.25) is 0 Å². The standard InChI is InChI=1S/C12H19N3O2.HI/c13-12(14-7-4-9-17-10-8-16)15-11-5-2-1-3-6-11;/h1-3,5-6,16H,4,7-10H2,(H3,13,14,15);1H. The molecule has 0 fully saturated rings. The molecule has 0 heterocycles. The molecule has 0 aliphatic carbocycles. The number of nitrogens with zero attached hydrogens (tertiary/aromatic N) is 1. The first-order valence-corrected chi connectivity index (χ1v) is 5.63. The van der Waals surface area contributed by atoms with Crippen molar-refractivity contribution in [3.63, 3.8) is 0 Å². The number of ether oxygens (including phenoxy) is 1.